The third kappa shape index (κ3) is 1.60. The Morgan fingerprint density at radius 2 is 1.21 bits per heavy atom. The summed E-state index contributed by atoms with van der Waals surface area (Å²) in [6.07, 6.45) is 3.69. The lowest BCUT2D eigenvalue weighted by atomic mass is 10.2. The molecule has 0 fully saturated rings. The van der Waals surface area contributed by atoms with Crippen LogP contribution < -0.4 is 0 Å². The van der Waals surface area contributed by atoms with Crippen LogP contribution in [-0.2, 0) is 9.59 Å². The van der Waals surface area contributed by atoms with Gasteiger partial charge in [0.15, 0.2) is 0 Å². The summed E-state index contributed by atoms with van der Waals surface area (Å²) in [7, 11) is 0. The van der Waals surface area contributed by atoms with E-state index in [1.807, 2.05) is 12.2 Å². The average Bonchev–Trinajstić information content (AvgIpc) is 2.60. The number of thioether (sulfide) groups is 2. The van der Waals surface area contributed by atoms with Crippen LogP contribution in [0.3, 0.4) is 0 Å². The lowest BCUT2D eigenvalue weighted by Gasteiger charge is -1.94. The first-order chi connectivity index (χ1) is 6.58. The minimum Gasteiger partial charge on any atom is -0.282 e. The van der Waals surface area contributed by atoms with Gasteiger partial charge in [-0.2, -0.15) is 0 Å². The van der Waals surface area contributed by atoms with Crippen molar-refractivity contribution in [2.24, 2.45) is 0 Å². The predicted molar refractivity (Wildman–Crippen MR) is 59.7 cm³/mol. The van der Waals surface area contributed by atoms with E-state index in [1.165, 1.54) is 23.5 Å². The number of rotatable bonds is 0. The van der Waals surface area contributed by atoms with E-state index in [4.69, 9.17) is 0 Å². The molecule has 2 aliphatic rings. The fraction of sp³-hybridized carbons (Fsp3) is 0.200. The normalized spacial score (nSPS) is 27.0. The number of hydrogen-bond acceptors (Lipinski definition) is 4. The molecule has 0 aromatic carbocycles. The van der Waals surface area contributed by atoms with Crippen LogP contribution in [0.2, 0.25) is 0 Å². The number of carbonyl (C=O) groups excluding carboxylic acids is 2. The summed E-state index contributed by atoms with van der Waals surface area (Å²) in [6.45, 7) is 3.59. The fourth-order valence-corrected chi connectivity index (χ4v) is 3.05. The lowest BCUT2D eigenvalue weighted by Crippen LogP contribution is -1.83. The van der Waals surface area contributed by atoms with Gasteiger partial charge in [-0.05, 0) is 49.5 Å². The van der Waals surface area contributed by atoms with Crippen LogP contribution in [0.5, 0.6) is 0 Å². The molecule has 0 N–H and O–H groups in total. The highest BCUT2D eigenvalue weighted by atomic mass is 32.2. The minimum absolute atomic E-state index is 0.0819. The van der Waals surface area contributed by atoms with Crippen molar-refractivity contribution in [1.82, 2.24) is 0 Å². The predicted octanol–water partition coefficient (Wildman–Crippen LogP) is 2.64. The van der Waals surface area contributed by atoms with Crippen molar-refractivity contribution in [3.8, 4) is 0 Å². The molecule has 0 atom stereocenters. The standard InChI is InChI=1S/C10H8O2S2/c1-5-3-7(13-9(5)11)8-4-6(2)10(12)14-8/h3-4H,1-2H3/b8-7+. The third-order valence-corrected chi connectivity index (χ3v) is 4.25. The highest BCUT2D eigenvalue weighted by Crippen LogP contribution is 2.41. The zero-order chi connectivity index (χ0) is 10.3. The zero-order valence-electron chi connectivity index (χ0n) is 7.79. The summed E-state index contributed by atoms with van der Waals surface area (Å²) >= 11 is 2.41. The maximum atomic E-state index is 11.2. The molecule has 0 saturated heterocycles. The van der Waals surface area contributed by atoms with Crippen molar-refractivity contribution < 1.29 is 9.59 Å². The SMILES string of the molecule is CC1=C/C(=C2/C=C(C)C(=O)S2)SC1=O. The smallest absolute Gasteiger partial charge is 0.219 e. The molecule has 72 valence electrons. The highest BCUT2D eigenvalue weighted by molar-refractivity contribution is 8.21. The van der Waals surface area contributed by atoms with Gasteiger partial charge in [0.05, 0.1) is 0 Å². The zero-order valence-corrected chi connectivity index (χ0v) is 9.42. The Morgan fingerprint density at radius 3 is 1.43 bits per heavy atom. The van der Waals surface area contributed by atoms with Gasteiger partial charge < -0.3 is 0 Å². The van der Waals surface area contributed by atoms with Crippen molar-refractivity contribution in [2.75, 3.05) is 0 Å². The van der Waals surface area contributed by atoms with E-state index in [0.717, 1.165) is 21.0 Å². The summed E-state index contributed by atoms with van der Waals surface area (Å²) < 4.78 is 0. The Hall–Kier alpha value is -0.740. The quantitative estimate of drug-likeness (QED) is 0.633. The van der Waals surface area contributed by atoms with Crippen LogP contribution in [-0.4, -0.2) is 10.2 Å². The number of hydrogen-bond donors (Lipinski definition) is 0. The van der Waals surface area contributed by atoms with Gasteiger partial charge in [-0.15, -0.1) is 0 Å². The van der Waals surface area contributed by atoms with E-state index < -0.39 is 0 Å². The van der Waals surface area contributed by atoms with Crippen molar-refractivity contribution in [3.05, 3.63) is 33.1 Å². The van der Waals surface area contributed by atoms with Gasteiger partial charge >= 0.3 is 0 Å². The van der Waals surface area contributed by atoms with E-state index in [9.17, 15) is 9.59 Å². The molecule has 2 nitrogen and oxygen atoms in total. The summed E-state index contributed by atoms with van der Waals surface area (Å²) in [5.74, 6) is 0. The van der Waals surface area contributed by atoms with E-state index >= 15 is 0 Å². The van der Waals surface area contributed by atoms with E-state index in [2.05, 4.69) is 0 Å². The van der Waals surface area contributed by atoms with E-state index in [-0.39, 0.29) is 10.2 Å². The molecule has 0 radical (unpaired) electrons. The van der Waals surface area contributed by atoms with E-state index in [1.54, 1.807) is 13.8 Å². The molecule has 0 aromatic rings. The Morgan fingerprint density at radius 1 is 0.857 bits per heavy atom. The average molecular weight is 224 g/mol. The van der Waals surface area contributed by atoms with Crippen LogP contribution in [0.1, 0.15) is 13.8 Å². The molecule has 0 aliphatic carbocycles. The molecule has 0 saturated carbocycles. The Balaban J connectivity index is 2.38. The molecule has 2 heterocycles. The second kappa shape index (κ2) is 3.44. The monoisotopic (exact) mass is 224 g/mol. The van der Waals surface area contributed by atoms with Gasteiger partial charge in [-0.3, -0.25) is 9.59 Å². The second-order valence-corrected chi connectivity index (χ2v) is 5.19. The number of allylic oxidation sites excluding steroid dienone is 2. The molecule has 0 amide bonds. The first kappa shape index (κ1) is 9.80. The molecule has 2 rings (SSSR count). The summed E-state index contributed by atoms with van der Waals surface area (Å²) in [6, 6.07) is 0. The Labute approximate surface area is 90.5 Å². The van der Waals surface area contributed by atoms with Gasteiger partial charge in [0.25, 0.3) is 0 Å². The number of carbonyl (C=O) groups is 2. The first-order valence-corrected chi connectivity index (χ1v) is 5.76. The van der Waals surface area contributed by atoms with Gasteiger partial charge in [0, 0.05) is 21.0 Å². The van der Waals surface area contributed by atoms with Gasteiger partial charge in [0.2, 0.25) is 10.2 Å². The topological polar surface area (TPSA) is 34.1 Å². The maximum absolute atomic E-state index is 11.2. The van der Waals surface area contributed by atoms with Gasteiger partial charge in [-0.1, -0.05) is 0 Å². The molecule has 14 heavy (non-hydrogen) atoms. The molecule has 0 bridgehead atoms. The van der Waals surface area contributed by atoms with Crippen LogP contribution in [0.15, 0.2) is 33.1 Å². The van der Waals surface area contributed by atoms with Crippen molar-refractivity contribution in [1.29, 1.82) is 0 Å². The van der Waals surface area contributed by atoms with Crippen molar-refractivity contribution >= 4 is 33.8 Å². The Kier molecular flexibility index (Phi) is 2.41. The molecule has 0 aromatic heterocycles. The summed E-state index contributed by atoms with van der Waals surface area (Å²) in [5.41, 5.74) is 1.51. The van der Waals surface area contributed by atoms with Crippen LogP contribution in [0.4, 0.5) is 0 Å². The highest BCUT2D eigenvalue weighted by Gasteiger charge is 2.24. The van der Waals surface area contributed by atoms with Crippen molar-refractivity contribution in [2.45, 2.75) is 13.8 Å². The molecule has 0 unspecified atom stereocenters. The summed E-state index contributed by atoms with van der Waals surface area (Å²) in [5, 5.41) is 0.164. The van der Waals surface area contributed by atoms with Crippen LogP contribution in [0.25, 0.3) is 0 Å². The van der Waals surface area contributed by atoms with E-state index in [0.29, 0.717) is 0 Å². The molecular weight excluding hydrogens is 216 g/mol. The first-order valence-electron chi connectivity index (χ1n) is 4.13. The maximum Gasteiger partial charge on any atom is 0.219 e. The van der Waals surface area contributed by atoms with Gasteiger partial charge in [0.1, 0.15) is 0 Å². The van der Waals surface area contributed by atoms with Crippen molar-refractivity contribution in [3.63, 3.8) is 0 Å². The van der Waals surface area contributed by atoms with Crippen LogP contribution in [0, 0.1) is 0 Å². The minimum atomic E-state index is 0.0819. The Bertz CT molecular complexity index is 387. The molecule has 0 spiro atoms. The lowest BCUT2D eigenvalue weighted by molar-refractivity contribution is -0.108. The third-order valence-electron chi connectivity index (χ3n) is 1.99. The molecular formula is C10H8O2S2. The van der Waals surface area contributed by atoms with Gasteiger partial charge in [-0.25, -0.2) is 0 Å². The summed E-state index contributed by atoms with van der Waals surface area (Å²) in [4.78, 5) is 24.3. The second-order valence-electron chi connectivity index (χ2n) is 3.16. The van der Waals surface area contributed by atoms with Crippen LogP contribution >= 0.6 is 23.5 Å². The fourth-order valence-electron chi connectivity index (χ4n) is 1.17. The molecule has 4 heteroatoms. The largest absolute Gasteiger partial charge is 0.282 e. The molecule has 2 aliphatic heterocycles.